The summed E-state index contributed by atoms with van der Waals surface area (Å²) < 4.78 is 6.55. The predicted octanol–water partition coefficient (Wildman–Crippen LogP) is 3.07. The van der Waals surface area contributed by atoms with Gasteiger partial charge in [-0.05, 0) is 24.3 Å². The standard InChI is InChI=1S/C20H19N3O3S/c1-22(12-18-21-14-6-2-5-9-17(14)27-18)19(24)10-11-23-15-7-3-4-8-16(15)26-13-20(23)25/h2-9H,10-13H2,1H3. The number of anilines is 1. The summed E-state index contributed by atoms with van der Waals surface area (Å²) in [5.74, 6) is 0.522. The maximum atomic E-state index is 12.6. The number of benzene rings is 2. The van der Waals surface area contributed by atoms with Crippen LogP contribution in [0, 0.1) is 0 Å². The fourth-order valence-corrected chi connectivity index (χ4v) is 4.10. The molecule has 2 amide bonds. The summed E-state index contributed by atoms with van der Waals surface area (Å²) in [5.41, 5.74) is 1.67. The summed E-state index contributed by atoms with van der Waals surface area (Å²) in [6.07, 6.45) is 0.251. The third-order valence-corrected chi connectivity index (χ3v) is 5.52. The zero-order valence-electron chi connectivity index (χ0n) is 14.9. The lowest BCUT2D eigenvalue weighted by molar-refractivity contribution is -0.130. The highest BCUT2D eigenvalue weighted by atomic mass is 32.1. The summed E-state index contributed by atoms with van der Waals surface area (Å²) in [7, 11) is 1.77. The Morgan fingerprint density at radius 3 is 2.85 bits per heavy atom. The van der Waals surface area contributed by atoms with E-state index in [1.165, 1.54) is 0 Å². The van der Waals surface area contributed by atoms with E-state index in [1.54, 1.807) is 28.2 Å². The fraction of sp³-hybridized carbons (Fsp3) is 0.250. The summed E-state index contributed by atoms with van der Waals surface area (Å²) >= 11 is 1.59. The number of carbonyl (C=O) groups is 2. The second-order valence-corrected chi connectivity index (χ2v) is 7.49. The SMILES string of the molecule is CN(Cc1nc2ccccc2s1)C(=O)CCN1C(=O)COc2ccccc21. The van der Waals surface area contributed by atoms with Gasteiger partial charge in [-0.25, -0.2) is 4.98 Å². The van der Waals surface area contributed by atoms with Crippen LogP contribution in [-0.4, -0.2) is 41.9 Å². The molecule has 0 atom stereocenters. The van der Waals surface area contributed by atoms with Crippen LogP contribution in [0.1, 0.15) is 11.4 Å². The third-order valence-electron chi connectivity index (χ3n) is 4.49. The molecule has 1 aromatic heterocycles. The van der Waals surface area contributed by atoms with Crippen LogP contribution in [0.25, 0.3) is 10.2 Å². The maximum Gasteiger partial charge on any atom is 0.265 e. The Kier molecular flexibility index (Phi) is 4.77. The van der Waals surface area contributed by atoms with Gasteiger partial charge in [-0.3, -0.25) is 9.59 Å². The second-order valence-electron chi connectivity index (χ2n) is 6.38. The fourth-order valence-electron chi connectivity index (χ4n) is 3.08. The van der Waals surface area contributed by atoms with Gasteiger partial charge in [0.1, 0.15) is 10.8 Å². The van der Waals surface area contributed by atoms with Gasteiger partial charge in [0.15, 0.2) is 6.61 Å². The zero-order valence-corrected chi connectivity index (χ0v) is 15.7. The quantitative estimate of drug-likeness (QED) is 0.681. The van der Waals surface area contributed by atoms with Crippen molar-refractivity contribution in [3.63, 3.8) is 0 Å². The molecule has 7 heteroatoms. The highest BCUT2D eigenvalue weighted by Gasteiger charge is 2.26. The van der Waals surface area contributed by atoms with Crippen molar-refractivity contribution < 1.29 is 14.3 Å². The molecule has 0 radical (unpaired) electrons. The minimum atomic E-state index is -0.129. The molecule has 138 valence electrons. The molecule has 0 saturated carbocycles. The Morgan fingerprint density at radius 1 is 1.22 bits per heavy atom. The van der Waals surface area contributed by atoms with Crippen LogP contribution in [0.2, 0.25) is 0 Å². The van der Waals surface area contributed by atoms with Crippen molar-refractivity contribution in [1.82, 2.24) is 9.88 Å². The van der Waals surface area contributed by atoms with E-state index in [9.17, 15) is 9.59 Å². The monoisotopic (exact) mass is 381 g/mol. The second kappa shape index (κ2) is 7.36. The van der Waals surface area contributed by atoms with Crippen LogP contribution in [0.4, 0.5) is 5.69 Å². The van der Waals surface area contributed by atoms with Gasteiger partial charge in [0.2, 0.25) is 5.91 Å². The first-order valence-corrected chi connectivity index (χ1v) is 9.54. The lowest BCUT2D eigenvalue weighted by Gasteiger charge is -2.29. The van der Waals surface area contributed by atoms with Crippen LogP contribution in [-0.2, 0) is 16.1 Å². The first kappa shape index (κ1) is 17.5. The Balaban J connectivity index is 1.39. The lowest BCUT2D eigenvalue weighted by Crippen LogP contribution is -2.41. The molecule has 0 aliphatic carbocycles. The molecule has 4 rings (SSSR count). The van der Waals surface area contributed by atoms with Gasteiger partial charge in [0, 0.05) is 20.0 Å². The van der Waals surface area contributed by atoms with Crippen molar-refractivity contribution in [1.29, 1.82) is 0 Å². The minimum Gasteiger partial charge on any atom is -0.482 e. The lowest BCUT2D eigenvalue weighted by atomic mass is 10.2. The summed E-state index contributed by atoms with van der Waals surface area (Å²) in [4.78, 5) is 32.6. The van der Waals surface area contributed by atoms with Crippen molar-refractivity contribution in [2.24, 2.45) is 0 Å². The molecule has 3 aromatic rings. The molecule has 1 aliphatic rings. The zero-order chi connectivity index (χ0) is 18.8. The molecular weight excluding hydrogens is 362 g/mol. The number of aromatic nitrogens is 1. The van der Waals surface area contributed by atoms with E-state index < -0.39 is 0 Å². The maximum absolute atomic E-state index is 12.6. The summed E-state index contributed by atoms with van der Waals surface area (Å²) in [6.45, 7) is 0.806. The number of para-hydroxylation sites is 3. The van der Waals surface area contributed by atoms with Gasteiger partial charge >= 0.3 is 0 Å². The first-order chi connectivity index (χ1) is 13.1. The van der Waals surface area contributed by atoms with Crippen LogP contribution in [0.15, 0.2) is 48.5 Å². The molecule has 2 aromatic carbocycles. The van der Waals surface area contributed by atoms with E-state index in [1.807, 2.05) is 48.5 Å². The summed E-state index contributed by atoms with van der Waals surface area (Å²) in [5, 5.41) is 0.903. The van der Waals surface area contributed by atoms with Crippen molar-refractivity contribution >= 4 is 39.1 Å². The Hall–Kier alpha value is -2.93. The third kappa shape index (κ3) is 3.64. The molecule has 0 unspecified atom stereocenters. The van der Waals surface area contributed by atoms with E-state index in [0.29, 0.717) is 18.8 Å². The number of carbonyl (C=O) groups excluding carboxylic acids is 2. The van der Waals surface area contributed by atoms with Crippen LogP contribution in [0.5, 0.6) is 5.75 Å². The average Bonchev–Trinajstić information content (AvgIpc) is 3.09. The van der Waals surface area contributed by atoms with Crippen molar-refractivity contribution in [2.45, 2.75) is 13.0 Å². The number of hydrogen-bond donors (Lipinski definition) is 0. The van der Waals surface area contributed by atoms with Gasteiger partial charge in [-0.1, -0.05) is 24.3 Å². The first-order valence-electron chi connectivity index (χ1n) is 8.72. The Bertz CT molecular complexity index is 968. The minimum absolute atomic E-state index is 0.00669. The van der Waals surface area contributed by atoms with Crippen LogP contribution in [0.3, 0.4) is 0 Å². The molecule has 1 aliphatic heterocycles. The van der Waals surface area contributed by atoms with Crippen LogP contribution >= 0.6 is 11.3 Å². The number of nitrogens with zero attached hydrogens (tertiary/aromatic N) is 3. The number of rotatable bonds is 5. The van der Waals surface area contributed by atoms with Gasteiger partial charge in [0.25, 0.3) is 5.91 Å². The molecule has 27 heavy (non-hydrogen) atoms. The van der Waals surface area contributed by atoms with E-state index in [-0.39, 0.29) is 24.8 Å². The molecule has 0 spiro atoms. The average molecular weight is 381 g/mol. The number of thiazole rings is 1. The number of ether oxygens (including phenoxy) is 1. The van der Waals surface area contributed by atoms with Crippen molar-refractivity contribution in [3.8, 4) is 5.75 Å². The molecule has 0 bridgehead atoms. The molecule has 0 fully saturated rings. The molecule has 0 saturated heterocycles. The smallest absolute Gasteiger partial charge is 0.265 e. The molecule has 2 heterocycles. The van der Waals surface area contributed by atoms with Gasteiger partial charge in [0.05, 0.1) is 22.4 Å². The Labute approximate surface area is 161 Å². The highest BCUT2D eigenvalue weighted by molar-refractivity contribution is 7.18. The highest BCUT2D eigenvalue weighted by Crippen LogP contribution is 2.31. The van der Waals surface area contributed by atoms with Crippen molar-refractivity contribution in [3.05, 3.63) is 53.5 Å². The number of fused-ring (bicyclic) bond motifs is 2. The van der Waals surface area contributed by atoms with E-state index in [4.69, 9.17) is 4.74 Å². The van der Waals surface area contributed by atoms with E-state index >= 15 is 0 Å². The van der Waals surface area contributed by atoms with Crippen molar-refractivity contribution in [2.75, 3.05) is 25.1 Å². The van der Waals surface area contributed by atoms with Gasteiger partial charge < -0.3 is 14.5 Å². The molecular formula is C20H19N3O3S. The number of amides is 2. The normalized spacial score (nSPS) is 13.4. The van der Waals surface area contributed by atoms with Gasteiger partial charge in [-0.2, -0.15) is 0 Å². The van der Waals surface area contributed by atoms with E-state index in [2.05, 4.69) is 4.98 Å². The molecule has 0 N–H and O–H groups in total. The Morgan fingerprint density at radius 2 is 2.00 bits per heavy atom. The van der Waals surface area contributed by atoms with Gasteiger partial charge in [-0.15, -0.1) is 11.3 Å². The predicted molar refractivity (Wildman–Crippen MR) is 105 cm³/mol. The van der Waals surface area contributed by atoms with Crippen LogP contribution < -0.4 is 9.64 Å². The largest absolute Gasteiger partial charge is 0.482 e. The molecule has 6 nitrogen and oxygen atoms in total. The number of hydrogen-bond acceptors (Lipinski definition) is 5. The topological polar surface area (TPSA) is 62.7 Å². The van der Waals surface area contributed by atoms with E-state index in [0.717, 1.165) is 20.9 Å². The summed E-state index contributed by atoms with van der Waals surface area (Å²) in [6, 6.07) is 15.3.